The molecule has 0 amide bonds. The van der Waals surface area contributed by atoms with Crippen LogP contribution in [-0.2, 0) is 9.53 Å². The zero-order chi connectivity index (χ0) is 18.9. The van der Waals surface area contributed by atoms with Gasteiger partial charge in [-0.25, -0.2) is 4.79 Å². The van der Waals surface area contributed by atoms with Crippen molar-refractivity contribution in [2.45, 2.75) is 6.92 Å². The largest absolute Gasteiger partial charge is 0.490 e. The number of benzene rings is 2. The van der Waals surface area contributed by atoms with Crippen molar-refractivity contribution in [3.63, 3.8) is 0 Å². The van der Waals surface area contributed by atoms with Crippen molar-refractivity contribution >= 4 is 23.3 Å². The normalized spacial score (nSPS) is 10.5. The summed E-state index contributed by atoms with van der Waals surface area (Å²) in [7, 11) is 0. The van der Waals surface area contributed by atoms with Crippen LogP contribution in [-0.4, -0.2) is 24.1 Å². The lowest BCUT2D eigenvalue weighted by atomic mass is 10.3. The van der Waals surface area contributed by atoms with Gasteiger partial charge in [-0.15, -0.1) is 0 Å². The Morgan fingerprint density at radius 1 is 1.19 bits per heavy atom. The fraction of sp³-hybridized carbons (Fsp3) is 0.167. The standard InChI is InChI=1S/C18H16ClNO6/c1-2-24-18(21)4-3-11-25-14-6-8-15(9-7-14)26-17-10-5-13(19)12-16(17)20(22)23/h3-10,12H,2,11H2,1H3. The molecule has 0 saturated heterocycles. The van der Waals surface area contributed by atoms with Gasteiger partial charge in [0.25, 0.3) is 0 Å². The SMILES string of the molecule is CCOC(=O)C=CCOc1ccc(Oc2ccc(Cl)cc2[N+](=O)[O-])cc1. The summed E-state index contributed by atoms with van der Waals surface area (Å²) in [6.07, 6.45) is 2.83. The number of carbonyl (C=O) groups excluding carboxylic acids is 1. The number of hydrogen-bond acceptors (Lipinski definition) is 6. The second kappa shape index (κ2) is 9.43. The summed E-state index contributed by atoms with van der Waals surface area (Å²) < 4.78 is 15.7. The van der Waals surface area contributed by atoms with Crippen LogP contribution in [0, 0.1) is 10.1 Å². The second-order valence-electron chi connectivity index (χ2n) is 4.91. The van der Waals surface area contributed by atoms with Crippen LogP contribution >= 0.6 is 11.6 Å². The number of halogens is 1. The van der Waals surface area contributed by atoms with Gasteiger partial charge in [0, 0.05) is 17.2 Å². The quantitative estimate of drug-likeness (QED) is 0.290. The third-order valence-electron chi connectivity index (χ3n) is 3.06. The van der Waals surface area contributed by atoms with E-state index in [9.17, 15) is 14.9 Å². The molecule has 0 aliphatic heterocycles. The maximum absolute atomic E-state index is 11.1. The van der Waals surface area contributed by atoms with E-state index in [1.54, 1.807) is 37.3 Å². The topological polar surface area (TPSA) is 87.9 Å². The molecule has 0 atom stereocenters. The second-order valence-corrected chi connectivity index (χ2v) is 5.34. The molecule has 0 aliphatic rings. The Kier molecular flexibility index (Phi) is 6.99. The van der Waals surface area contributed by atoms with E-state index in [0.29, 0.717) is 18.1 Å². The van der Waals surface area contributed by atoms with Crippen molar-refractivity contribution in [3.05, 3.63) is 69.8 Å². The third-order valence-corrected chi connectivity index (χ3v) is 3.29. The molecule has 0 fully saturated rings. The molecule has 7 nitrogen and oxygen atoms in total. The highest BCUT2D eigenvalue weighted by atomic mass is 35.5. The molecule has 0 N–H and O–H groups in total. The first-order valence-electron chi connectivity index (χ1n) is 7.67. The third kappa shape index (κ3) is 5.78. The number of esters is 1. The van der Waals surface area contributed by atoms with Gasteiger partial charge in [0.15, 0.2) is 0 Å². The van der Waals surface area contributed by atoms with Gasteiger partial charge in [-0.1, -0.05) is 11.6 Å². The van der Waals surface area contributed by atoms with Gasteiger partial charge >= 0.3 is 11.7 Å². The van der Waals surface area contributed by atoms with E-state index in [1.807, 2.05) is 0 Å². The maximum Gasteiger partial charge on any atom is 0.330 e. The molecule has 0 spiro atoms. The lowest BCUT2D eigenvalue weighted by Crippen LogP contribution is -2.00. The average Bonchev–Trinajstić information content (AvgIpc) is 2.61. The number of nitro benzene ring substituents is 1. The molecule has 2 aromatic carbocycles. The van der Waals surface area contributed by atoms with Gasteiger partial charge in [-0.2, -0.15) is 0 Å². The highest BCUT2D eigenvalue weighted by Gasteiger charge is 2.16. The Morgan fingerprint density at radius 2 is 1.88 bits per heavy atom. The van der Waals surface area contributed by atoms with Crippen LogP contribution in [0.3, 0.4) is 0 Å². The number of ether oxygens (including phenoxy) is 3. The van der Waals surface area contributed by atoms with E-state index in [4.69, 9.17) is 25.8 Å². The minimum absolute atomic E-state index is 0.0884. The Balaban J connectivity index is 1.96. The Hall–Kier alpha value is -3.06. The number of hydrogen-bond donors (Lipinski definition) is 0. The fourth-order valence-electron chi connectivity index (χ4n) is 1.93. The Labute approximate surface area is 154 Å². The zero-order valence-corrected chi connectivity index (χ0v) is 14.6. The van der Waals surface area contributed by atoms with Gasteiger partial charge in [-0.3, -0.25) is 10.1 Å². The highest BCUT2D eigenvalue weighted by molar-refractivity contribution is 6.30. The van der Waals surface area contributed by atoms with Crippen LogP contribution in [0.2, 0.25) is 5.02 Å². The molecule has 0 saturated carbocycles. The molecule has 0 heterocycles. The summed E-state index contributed by atoms with van der Waals surface area (Å²) in [6, 6.07) is 10.7. The van der Waals surface area contributed by atoms with Gasteiger partial charge in [0.2, 0.25) is 5.75 Å². The maximum atomic E-state index is 11.1. The monoisotopic (exact) mass is 377 g/mol. The summed E-state index contributed by atoms with van der Waals surface area (Å²) in [5, 5.41) is 11.3. The average molecular weight is 378 g/mol. The van der Waals surface area contributed by atoms with Gasteiger partial charge in [-0.05, 0) is 49.4 Å². The van der Waals surface area contributed by atoms with Crippen molar-refractivity contribution in [1.82, 2.24) is 0 Å². The van der Waals surface area contributed by atoms with Gasteiger partial charge < -0.3 is 14.2 Å². The lowest BCUT2D eigenvalue weighted by Gasteiger charge is -2.08. The van der Waals surface area contributed by atoms with Gasteiger partial charge in [0.1, 0.15) is 18.1 Å². The summed E-state index contributed by atoms with van der Waals surface area (Å²) in [5.74, 6) is 0.621. The Bertz CT molecular complexity index is 804. The molecule has 0 aromatic heterocycles. The summed E-state index contributed by atoms with van der Waals surface area (Å²) in [6.45, 7) is 2.24. The van der Waals surface area contributed by atoms with Crippen molar-refractivity contribution in [2.75, 3.05) is 13.2 Å². The molecule has 0 aliphatic carbocycles. The van der Waals surface area contributed by atoms with E-state index in [-0.39, 0.29) is 23.1 Å². The van der Waals surface area contributed by atoms with Crippen LogP contribution in [0.15, 0.2) is 54.6 Å². The number of nitro groups is 1. The molecule has 0 unspecified atom stereocenters. The van der Waals surface area contributed by atoms with Crippen LogP contribution in [0.5, 0.6) is 17.2 Å². The van der Waals surface area contributed by atoms with Gasteiger partial charge in [0.05, 0.1) is 11.5 Å². The van der Waals surface area contributed by atoms with E-state index < -0.39 is 10.9 Å². The zero-order valence-electron chi connectivity index (χ0n) is 13.9. The predicted octanol–water partition coefficient (Wildman–Crippen LogP) is 4.54. The first-order chi connectivity index (χ1) is 12.5. The van der Waals surface area contributed by atoms with Crippen LogP contribution in [0.25, 0.3) is 0 Å². The van der Waals surface area contributed by atoms with Crippen LogP contribution in [0.4, 0.5) is 5.69 Å². The molecule has 0 bridgehead atoms. The molecule has 2 aromatic rings. The predicted molar refractivity (Wildman–Crippen MR) is 95.9 cm³/mol. The number of nitrogens with zero attached hydrogens (tertiary/aromatic N) is 1. The highest BCUT2D eigenvalue weighted by Crippen LogP contribution is 2.33. The first kappa shape index (κ1) is 19.3. The molecule has 136 valence electrons. The fourth-order valence-corrected chi connectivity index (χ4v) is 2.10. The molecule has 2 rings (SSSR count). The van der Waals surface area contributed by atoms with Crippen molar-refractivity contribution < 1.29 is 23.9 Å². The van der Waals surface area contributed by atoms with E-state index in [2.05, 4.69) is 0 Å². The first-order valence-corrected chi connectivity index (χ1v) is 8.05. The summed E-state index contributed by atoms with van der Waals surface area (Å²) >= 11 is 5.77. The molecule has 8 heteroatoms. The number of carbonyl (C=O) groups is 1. The number of rotatable bonds is 8. The van der Waals surface area contributed by atoms with E-state index in [1.165, 1.54) is 24.3 Å². The lowest BCUT2D eigenvalue weighted by molar-refractivity contribution is -0.385. The minimum atomic E-state index is -0.561. The molecular formula is C18H16ClNO6. The molecule has 26 heavy (non-hydrogen) atoms. The van der Waals surface area contributed by atoms with Crippen molar-refractivity contribution in [1.29, 1.82) is 0 Å². The summed E-state index contributed by atoms with van der Waals surface area (Å²) in [4.78, 5) is 21.6. The van der Waals surface area contributed by atoms with E-state index >= 15 is 0 Å². The van der Waals surface area contributed by atoms with E-state index in [0.717, 1.165) is 0 Å². The molecular weight excluding hydrogens is 362 g/mol. The van der Waals surface area contributed by atoms with Crippen molar-refractivity contribution in [3.8, 4) is 17.2 Å². The minimum Gasteiger partial charge on any atom is -0.490 e. The smallest absolute Gasteiger partial charge is 0.330 e. The molecule has 0 radical (unpaired) electrons. The van der Waals surface area contributed by atoms with Crippen LogP contribution < -0.4 is 9.47 Å². The van der Waals surface area contributed by atoms with Crippen molar-refractivity contribution in [2.24, 2.45) is 0 Å². The summed E-state index contributed by atoms with van der Waals surface area (Å²) in [5.41, 5.74) is -0.220. The Morgan fingerprint density at radius 3 is 2.54 bits per heavy atom. The van der Waals surface area contributed by atoms with Crippen LogP contribution in [0.1, 0.15) is 6.92 Å².